The van der Waals surface area contributed by atoms with E-state index in [-0.39, 0.29) is 18.9 Å². The summed E-state index contributed by atoms with van der Waals surface area (Å²) in [6, 6.07) is 14.0. The standard InChI is InChI=1S/C17H13NO3S2/c19-15(20)7-8-18-16(21)14(23-17(18)22)10-11-5-6-12-3-1-2-4-13(12)9-11/h1-6,9-10H,7-8H2,(H,19,20). The Balaban J connectivity index is 1.85. The molecule has 1 aliphatic rings. The number of carboxylic acid groups (broad SMARTS) is 1. The van der Waals surface area contributed by atoms with Gasteiger partial charge in [0.05, 0.1) is 11.3 Å². The lowest BCUT2D eigenvalue weighted by Gasteiger charge is -2.12. The van der Waals surface area contributed by atoms with Crippen molar-refractivity contribution in [3.05, 3.63) is 52.9 Å². The van der Waals surface area contributed by atoms with Gasteiger partial charge in [0.15, 0.2) is 0 Å². The Bertz CT molecular complexity index is 845. The molecule has 3 rings (SSSR count). The predicted molar refractivity (Wildman–Crippen MR) is 96.1 cm³/mol. The number of carbonyl (C=O) groups excluding carboxylic acids is 1. The van der Waals surface area contributed by atoms with E-state index in [1.165, 1.54) is 16.7 Å². The Hall–Kier alpha value is -2.18. The summed E-state index contributed by atoms with van der Waals surface area (Å²) in [5.41, 5.74) is 0.919. The van der Waals surface area contributed by atoms with E-state index in [0.717, 1.165) is 16.3 Å². The number of aliphatic carboxylic acids is 1. The Morgan fingerprint density at radius 2 is 1.96 bits per heavy atom. The number of rotatable bonds is 4. The van der Waals surface area contributed by atoms with Crippen molar-refractivity contribution in [2.75, 3.05) is 6.54 Å². The van der Waals surface area contributed by atoms with E-state index < -0.39 is 5.97 Å². The summed E-state index contributed by atoms with van der Waals surface area (Å²) in [5.74, 6) is -1.17. The second-order valence-corrected chi connectivity index (χ2v) is 6.76. The van der Waals surface area contributed by atoms with Crippen LogP contribution in [0, 0.1) is 0 Å². The molecule has 1 amide bonds. The van der Waals surface area contributed by atoms with Crippen LogP contribution in [0.15, 0.2) is 47.4 Å². The normalized spacial score (nSPS) is 16.5. The summed E-state index contributed by atoms with van der Waals surface area (Å²) < 4.78 is 0.406. The van der Waals surface area contributed by atoms with Crippen molar-refractivity contribution in [2.24, 2.45) is 0 Å². The molecule has 0 unspecified atom stereocenters. The molecule has 1 saturated heterocycles. The van der Waals surface area contributed by atoms with Crippen LogP contribution in [0.25, 0.3) is 16.8 Å². The van der Waals surface area contributed by atoms with Crippen LogP contribution in [-0.2, 0) is 9.59 Å². The molecule has 0 aliphatic carbocycles. The van der Waals surface area contributed by atoms with Crippen molar-refractivity contribution >= 4 is 57.0 Å². The zero-order valence-corrected chi connectivity index (χ0v) is 13.7. The quantitative estimate of drug-likeness (QED) is 0.680. The summed E-state index contributed by atoms with van der Waals surface area (Å²) in [6.07, 6.45) is 1.68. The molecule has 0 bridgehead atoms. The summed E-state index contributed by atoms with van der Waals surface area (Å²) in [7, 11) is 0. The van der Waals surface area contributed by atoms with E-state index in [4.69, 9.17) is 17.3 Å². The molecule has 116 valence electrons. The van der Waals surface area contributed by atoms with Gasteiger partial charge in [-0.2, -0.15) is 0 Å². The molecule has 1 heterocycles. The predicted octanol–water partition coefficient (Wildman–Crippen LogP) is 3.52. The maximum absolute atomic E-state index is 12.4. The highest BCUT2D eigenvalue weighted by Gasteiger charge is 2.31. The molecule has 2 aromatic rings. The lowest BCUT2D eigenvalue weighted by Crippen LogP contribution is -2.30. The molecule has 4 nitrogen and oxygen atoms in total. The van der Waals surface area contributed by atoms with Crippen LogP contribution >= 0.6 is 24.0 Å². The average molecular weight is 343 g/mol. The van der Waals surface area contributed by atoms with E-state index in [0.29, 0.717) is 9.23 Å². The monoisotopic (exact) mass is 343 g/mol. The fourth-order valence-corrected chi connectivity index (χ4v) is 3.66. The van der Waals surface area contributed by atoms with Gasteiger partial charge in [-0.25, -0.2) is 0 Å². The molecule has 1 N–H and O–H groups in total. The maximum atomic E-state index is 12.4. The highest BCUT2D eigenvalue weighted by Crippen LogP contribution is 2.33. The second-order valence-electron chi connectivity index (χ2n) is 5.08. The number of fused-ring (bicyclic) bond motifs is 1. The zero-order valence-electron chi connectivity index (χ0n) is 12.1. The minimum atomic E-state index is -0.947. The molecule has 0 radical (unpaired) electrons. The number of thiocarbonyl (C=S) groups is 1. The SMILES string of the molecule is O=C(O)CCN1C(=O)C(=Cc2ccc3ccccc3c2)SC1=S. The molecule has 23 heavy (non-hydrogen) atoms. The van der Waals surface area contributed by atoms with E-state index >= 15 is 0 Å². The number of hydrogen-bond donors (Lipinski definition) is 1. The molecule has 2 aromatic carbocycles. The molecule has 1 aliphatic heterocycles. The number of thioether (sulfide) groups is 1. The first-order valence-corrected chi connectivity index (χ1v) is 8.23. The van der Waals surface area contributed by atoms with Gasteiger partial charge in [0.2, 0.25) is 0 Å². The number of carboxylic acids is 1. The highest BCUT2D eigenvalue weighted by atomic mass is 32.2. The van der Waals surface area contributed by atoms with Gasteiger partial charge in [0.25, 0.3) is 5.91 Å². The van der Waals surface area contributed by atoms with Gasteiger partial charge in [-0.15, -0.1) is 0 Å². The van der Waals surface area contributed by atoms with Gasteiger partial charge in [0, 0.05) is 6.54 Å². The zero-order chi connectivity index (χ0) is 16.4. The molecule has 6 heteroatoms. The first-order valence-electron chi connectivity index (χ1n) is 7.00. The van der Waals surface area contributed by atoms with Gasteiger partial charge in [-0.05, 0) is 28.5 Å². The van der Waals surface area contributed by atoms with Crippen LogP contribution in [0.2, 0.25) is 0 Å². The second kappa shape index (κ2) is 6.52. The number of benzene rings is 2. The summed E-state index contributed by atoms with van der Waals surface area (Å²) >= 11 is 6.38. The Kier molecular flexibility index (Phi) is 4.45. The van der Waals surface area contributed by atoms with E-state index in [1.807, 2.05) is 42.5 Å². The molecular formula is C17H13NO3S2. The third kappa shape index (κ3) is 3.43. The third-order valence-electron chi connectivity index (χ3n) is 3.49. The van der Waals surface area contributed by atoms with Gasteiger partial charge in [0.1, 0.15) is 4.32 Å². The van der Waals surface area contributed by atoms with Crippen LogP contribution in [0.5, 0.6) is 0 Å². The van der Waals surface area contributed by atoms with Gasteiger partial charge < -0.3 is 5.11 Å². The largest absolute Gasteiger partial charge is 0.481 e. The van der Waals surface area contributed by atoms with Crippen LogP contribution in [-0.4, -0.2) is 32.7 Å². The van der Waals surface area contributed by atoms with Crippen LogP contribution in [0.1, 0.15) is 12.0 Å². The Morgan fingerprint density at radius 1 is 1.22 bits per heavy atom. The fourth-order valence-electron chi connectivity index (χ4n) is 2.35. The number of carbonyl (C=O) groups is 2. The van der Waals surface area contributed by atoms with Crippen LogP contribution in [0.4, 0.5) is 0 Å². The molecule has 1 fully saturated rings. The topological polar surface area (TPSA) is 57.6 Å². The summed E-state index contributed by atoms with van der Waals surface area (Å²) in [4.78, 5) is 24.9. The lowest BCUT2D eigenvalue weighted by atomic mass is 10.1. The average Bonchev–Trinajstić information content (AvgIpc) is 2.79. The van der Waals surface area contributed by atoms with Crippen LogP contribution in [0.3, 0.4) is 0 Å². The van der Waals surface area contributed by atoms with Crippen LogP contribution < -0.4 is 0 Å². The molecule has 0 aromatic heterocycles. The van der Waals surface area contributed by atoms with E-state index in [2.05, 4.69) is 0 Å². The third-order valence-corrected chi connectivity index (χ3v) is 4.87. The molecule has 0 atom stereocenters. The summed E-state index contributed by atoms with van der Waals surface area (Å²) in [5, 5.41) is 11.0. The van der Waals surface area contributed by atoms with Crippen molar-refractivity contribution in [3.8, 4) is 0 Å². The van der Waals surface area contributed by atoms with Crippen molar-refractivity contribution in [2.45, 2.75) is 6.42 Å². The molecular weight excluding hydrogens is 330 g/mol. The van der Waals surface area contributed by atoms with Crippen molar-refractivity contribution < 1.29 is 14.7 Å². The Labute approximate surface area is 142 Å². The maximum Gasteiger partial charge on any atom is 0.305 e. The first kappa shape index (κ1) is 15.7. The van der Waals surface area contributed by atoms with Gasteiger partial charge >= 0.3 is 5.97 Å². The van der Waals surface area contributed by atoms with Gasteiger partial charge in [-0.3, -0.25) is 14.5 Å². The van der Waals surface area contributed by atoms with E-state index in [1.54, 1.807) is 6.08 Å². The number of hydrogen-bond acceptors (Lipinski definition) is 4. The minimum Gasteiger partial charge on any atom is -0.481 e. The number of nitrogens with zero attached hydrogens (tertiary/aromatic N) is 1. The molecule has 0 spiro atoms. The number of amides is 1. The highest BCUT2D eigenvalue weighted by molar-refractivity contribution is 8.26. The fraction of sp³-hybridized carbons (Fsp3) is 0.118. The smallest absolute Gasteiger partial charge is 0.305 e. The summed E-state index contributed by atoms with van der Waals surface area (Å²) in [6.45, 7) is 0.106. The van der Waals surface area contributed by atoms with Crippen molar-refractivity contribution in [1.82, 2.24) is 4.90 Å². The first-order chi connectivity index (χ1) is 11.0. The van der Waals surface area contributed by atoms with E-state index in [9.17, 15) is 9.59 Å². The minimum absolute atomic E-state index is 0.106. The van der Waals surface area contributed by atoms with Crippen molar-refractivity contribution in [3.63, 3.8) is 0 Å². The Morgan fingerprint density at radius 3 is 2.70 bits per heavy atom. The lowest BCUT2D eigenvalue weighted by molar-refractivity contribution is -0.137. The van der Waals surface area contributed by atoms with Crippen molar-refractivity contribution in [1.29, 1.82) is 0 Å². The molecule has 0 saturated carbocycles. The van der Waals surface area contributed by atoms with Gasteiger partial charge in [-0.1, -0.05) is 60.4 Å².